The SMILES string of the molecule is CCOc1ccccc1NC(=O)Cn1nc(-c2ccc(C)cc2)ccc1=O. The molecule has 0 saturated heterocycles. The van der Waals surface area contributed by atoms with Gasteiger partial charge in [-0.3, -0.25) is 9.59 Å². The Balaban J connectivity index is 1.79. The molecule has 0 aliphatic heterocycles. The summed E-state index contributed by atoms with van der Waals surface area (Å²) in [5, 5.41) is 7.10. The van der Waals surface area contributed by atoms with Gasteiger partial charge in [0.2, 0.25) is 5.91 Å². The molecule has 0 spiro atoms. The van der Waals surface area contributed by atoms with Gasteiger partial charge in [0.25, 0.3) is 5.56 Å². The smallest absolute Gasteiger partial charge is 0.267 e. The number of ether oxygens (including phenoxy) is 1. The summed E-state index contributed by atoms with van der Waals surface area (Å²) in [7, 11) is 0. The van der Waals surface area contributed by atoms with Gasteiger partial charge in [-0.05, 0) is 32.0 Å². The monoisotopic (exact) mass is 363 g/mol. The van der Waals surface area contributed by atoms with Crippen LogP contribution >= 0.6 is 0 Å². The molecule has 138 valence electrons. The molecule has 0 unspecified atom stereocenters. The number of amides is 1. The maximum absolute atomic E-state index is 12.4. The van der Waals surface area contributed by atoms with E-state index >= 15 is 0 Å². The van der Waals surface area contributed by atoms with Crippen molar-refractivity contribution in [2.24, 2.45) is 0 Å². The molecule has 27 heavy (non-hydrogen) atoms. The number of aromatic nitrogens is 2. The highest BCUT2D eigenvalue weighted by Gasteiger charge is 2.11. The third kappa shape index (κ3) is 4.61. The van der Waals surface area contributed by atoms with Gasteiger partial charge in [0.05, 0.1) is 18.0 Å². The Labute approximate surface area is 157 Å². The van der Waals surface area contributed by atoms with E-state index < -0.39 is 0 Å². The van der Waals surface area contributed by atoms with Crippen LogP contribution < -0.4 is 15.6 Å². The van der Waals surface area contributed by atoms with Gasteiger partial charge in [0.1, 0.15) is 12.3 Å². The van der Waals surface area contributed by atoms with E-state index in [1.54, 1.807) is 24.3 Å². The fourth-order valence-electron chi connectivity index (χ4n) is 2.62. The standard InChI is InChI=1S/C21H21N3O3/c1-3-27-19-7-5-4-6-18(19)22-20(25)14-24-21(26)13-12-17(23-24)16-10-8-15(2)9-11-16/h4-13H,3,14H2,1-2H3,(H,22,25). The summed E-state index contributed by atoms with van der Waals surface area (Å²) in [4.78, 5) is 24.5. The average Bonchev–Trinajstić information content (AvgIpc) is 2.66. The minimum absolute atomic E-state index is 0.182. The highest BCUT2D eigenvalue weighted by molar-refractivity contribution is 5.92. The molecule has 0 aliphatic carbocycles. The molecule has 0 aliphatic rings. The highest BCUT2D eigenvalue weighted by atomic mass is 16.5. The summed E-state index contributed by atoms with van der Waals surface area (Å²) in [5.41, 5.74) is 2.89. The molecule has 0 saturated carbocycles. The Hall–Kier alpha value is -3.41. The Morgan fingerprint density at radius 3 is 2.56 bits per heavy atom. The summed E-state index contributed by atoms with van der Waals surface area (Å²) >= 11 is 0. The molecule has 0 radical (unpaired) electrons. The number of nitrogens with zero attached hydrogens (tertiary/aromatic N) is 2. The van der Waals surface area contributed by atoms with Gasteiger partial charge in [-0.15, -0.1) is 0 Å². The molecule has 0 atom stereocenters. The first kappa shape index (κ1) is 18.4. The maximum Gasteiger partial charge on any atom is 0.267 e. The van der Waals surface area contributed by atoms with Crippen LogP contribution in [0.25, 0.3) is 11.3 Å². The summed E-state index contributed by atoms with van der Waals surface area (Å²) in [6, 6.07) is 18.1. The van der Waals surface area contributed by atoms with Crippen molar-refractivity contribution in [3.05, 3.63) is 76.6 Å². The number of carbonyl (C=O) groups excluding carboxylic acids is 1. The first-order chi connectivity index (χ1) is 13.1. The van der Waals surface area contributed by atoms with Crippen molar-refractivity contribution in [3.63, 3.8) is 0 Å². The zero-order chi connectivity index (χ0) is 19.2. The maximum atomic E-state index is 12.4. The molecule has 6 heteroatoms. The van der Waals surface area contributed by atoms with Crippen molar-refractivity contribution in [2.75, 3.05) is 11.9 Å². The van der Waals surface area contributed by atoms with E-state index in [0.717, 1.165) is 15.8 Å². The first-order valence-electron chi connectivity index (χ1n) is 8.73. The number of carbonyl (C=O) groups is 1. The van der Waals surface area contributed by atoms with Crippen LogP contribution in [0.3, 0.4) is 0 Å². The van der Waals surface area contributed by atoms with Crippen molar-refractivity contribution < 1.29 is 9.53 Å². The lowest BCUT2D eigenvalue weighted by Crippen LogP contribution is -2.29. The topological polar surface area (TPSA) is 73.2 Å². The van der Waals surface area contributed by atoms with Gasteiger partial charge in [-0.2, -0.15) is 5.10 Å². The molecule has 3 aromatic rings. The molecule has 1 N–H and O–H groups in total. The largest absolute Gasteiger partial charge is 0.492 e. The molecule has 3 rings (SSSR count). The zero-order valence-electron chi connectivity index (χ0n) is 15.3. The Kier molecular flexibility index (Phi) is 5.66. The molecule has 0 bridgehead atoms. The van der Waals surface area contributed by atoms with Crippen molar-refractivity contribution in [1.29, 1.82) is 0 Å². The van der Waals surface area contributed by atoms with Crippen molar-refractivity contribution >= 4 is 11.6 Å². The van der Waals surface area contributed by atoms with Gasteiger partial charge in [0.15, 0.2) is 0 Å². The lowest BCUT2D eigenvalue weighted by molar-refractivity contribution is -0.117. The number of hydrogen-bond acceptors (Lipinski definition) is 4. The summed E-state index contributed by atoms with van der Waals surface area (Å²) in [6.45, 7) is 4.19. The average molecular weight is 363 g/mol. The van der Waals surface area contributed by atoms with Gasteiger partial charge >= 0.3 is 0 Å². The third-order valence-electron chi connectivity index (χ3n) is 3.97. The predicted octanol–water partition coefficient (Wildman–Crippen LogP) is 3.26. The Bertz CT molecular complexity index is 994. The second kappa shape index (κ2) is 8.31. The number of hydrogen-bond donors (Lipinski definition) is 1. The van der Waals surface area contributed by atoms with Crippen LogP contribution in [-0.4, -0.2) is 22.3 Å². The Morgan fingerprint density at radius 2 is 1.81 bits per heavy atom. The predicted molar refractivity (Wildman–Crippen MR) is 105 cm³/mol. The number of nitrogens with one attached hydrogen (secondary N) is 1. The third-order valence-corrected chi connectivity index (χ3v) is 3.97. The Morgan fingerprint density at radius 1 is 1.07 bits per heavy atom. The summed E-state index contributed by atoms with van der Waals surface area (Å²) in [6.07, 6.45) is 0. The van der Waals surface area contributed by atoms with Gasteiger partial charge < -0.3 is 10.1 Å². The van der Waals surface area contributed by atoms with Crippen LogP contribution in [0.1, 0.15) is 12.5 Å². The number of rotatable bonds is 6. The second-order valence-electron chi connectivity index (χ2n) is 6.06. The normalized spacial score (nSPS) is 10.4. The minimum Gasteiger partial charge on any atom is -0.492 e. The lowest BCUT2D eigenvalue weighted by Gasteiger charge is -2.12. The number of anilines is 1. The number of para-hydroxylation sites is 2. The quantitative estimate of drug-likeness (QED) is 0.730. The van der Waals surface area contributed by atoms with Gasteiger partial charge in [0, 0.05) is 11.6 Å². The second-order valence-corrected chi connectivity index (χ2v) is 6.06. The van der Waals surface area contributed by atoms with Crippen molar-refractivity contribution in [2.45, 2.75) is 20.4 Å². The number of aryl methyl sites for hydroxylation is 1. The van der Waals surface area contributed by atoms with Crippen LogP contribution in [0, 0.1) is 6.92 Å². The molecule has 1 aromatic heterocycles. The zero-order valence-corrected chi connectivity index (χ0v) is 15.3. The van der Waals surface area contributed by atoms with E-state index in [2.05, 4.69) is 10.4 Å². The molecule has 0 fully saturated rings. The van der Waals surface area contributed by atoms with Crippen LogP contribution in [0.15, 0.2) is 65.5 Å². The fourth-order valence-corrected chi connectivity index (χ4v) is 2.62. The van der Waals surface area contributed by atoms with Crippen LogP contribution in [0.5, 0.6) is 5.75 Å². The lowest BCUT2D eigenvalue weighted by atomic mass is 10.1. The summed E-state index contributed by atoms with van der Waals surface area (Å²) < 4.78 is 6.66. The highest BCUT2D eigenvalue weighted by Crippen LogP contribution is 2.23. The fraction of sp³-hybridized carbons (Fsp3) is 0.190. The number of benzene rings is 2. The van der Waals surface area contributed by atoms with E-state index in [9.17, 15) is 9.59 Å². The summed E-state index contributed by atoms with van der Waals surface area (Å²) in [5.74, 6) is 0.236. The van der Waals surface area contributed by atoms with Gasteiger partial charge in [-0.25, -0.2) is 4.68 Å². The van der Waals surface area contributed by atoms with E-state index in [-0.39, 0.29) is 18.0 Å². The van der Waals surface area contributed by atoms with E-state index in [1.165, 1.54) is 6.07 Å². The van der Waals surface area contributed by atoms with Crippen LogP contribution in [0.2, 0.25) is 0 Å². The van der Waals surface area contributed by atoms with E-state index in [4.69, 9.17) is 4.74 Å². The van der Waals surface area contributed by atoms with Gasteiger partial charge in [-0.1, -0.05) is 42.0 Å². The molecular weight excluding hydrogens is 342 g/mol. The molecule has 2 aromatic carbocycles. The van der Waals surface area contributed by atoms with Crippen molar-refractivity contribution in [1.82, 2.24) is 9.78 Å². The van der Waals surface area contributed by atoms with Crippen molar-refractivity contribution in [3.8, 4) is 17.0 Å². The van der Waals surface area contributed by atoms with Crippen LogP contribution in [0.4, 0.5) is 5.69 Å². The molecule has 1 amide bonds. The first-order valence-corrected chi connectivity index (χ1v) is 8.73. The molecule has 6 nitrogen and oxygen atoms in total. The molecular formula is C21H21N3O3. The minimum atomic E-state index is -0.349. The van der Waals surface area contributed by atoms with Crippen LogP contribution in [-0.2, 0) is 11.3 Å². The molecule has 1 heterocycles. The van der Waals surface area contributed by atoms with E-state index in [1.807, 2.05) is 44.2 Å². The van der Waals surface area contributed by atoms with E-state index in [0.29, 0.717) is 23.7 Å².